The first-order chi connectivity index (χ1) is 10.0. The van der Waals surface area contributed by atoms with E-state index in [1.807, 2.05) is 19.1 Å². The van der Waals surface area contributed by atoms with Gasteiger partial charge in [-0.3, -0.25) is 0 Å². The lowest BCUT2D eigenvalue weighted by atomic mass is 9.88. The lowest BCUT2D eigenvalue weighted by Crippen LogP contribution is -2.64. The van der Waals surface area contributed by atoms with Crippen LogP contribution in [0.1, 0.15) is 45.1 Å². The van der Waals surface area contributed by atoms with Gasteiger partial charge in [-0.1, -0.05) is 32.8 Å². The van der Waals surface area contributed by atoms with Crippen LogP contribution in [0.2, 0.25) is 0 Å². The third-order valence-corrected chi connectivity index (χ3v) is 5.30. The third-order valence-electron chi connectivity index (χ3n) is 5.30. The summed E-state index contributed by atoms with van der Waals surface area (Å²) in [6.07, 6.45) is 5.04. The molecule has 1 spiro atoms. The summed E-state index contributed by atoms with van der Waals surface area (Å²) in [5, 5.41) is 3.80. The summed E-state index contributed by atoms with van der Waals surface area (Å²) in [5.74, 6) is 0.428. The van der Waals surface area contributed by atoms with Crippen molar-refractivity contribution in [3.05, 3.63) is 29.6 Å². The van der Waals surface area contributed by atoms with Crippen molar-refractivity contribution in [2.75, 3.05) is 18.0 Å². The topological polar surface area (TPSA) is 15.3 Å². The maximum atomic E-state index is 14.4. The maximum absolute atomic E-state index is 14.4. The van der Waals surface area contributed by atoms with Crippen LogP contribution in [0.15, 0.2) is 18.2 Å². The molecule has 0 amide bonds. The first-order valence-electron chi connectivity index (χ1n) is 8.29. The predicted octanol–water partition coefficient (Wildman–Crippen LogP) is 3.88. The van der Waals surface area contributed by atoms with Gasteiger partial charge >= 0.3 is 0 Å². The van der Waals surface area contributed by atoms with Crippen LogP contribution in [0, 0.1) is 18.7 Å². The van der Waals surface area contributed by atoms with E-state index in [0.717, 1.165) is 24.3 Å². The second-order valence-electron chi connectivity index (χ2n) is 7.26. The Morgan fingerprint density at radius 3 is 2.67 bits per heavy atom. The highest BCUT2D eigenvalue weighted by Crippen LogP contribution is 2.37. The van der Waals surface area contributed by atoms with Gasteiger partial charge in [0.25, 0.3) is 0 Å². The van der Waals surface area contributed by atoms with Crippen LogP contribution in [0.5, 0.6) is 0 Å². The van der Waals surface area contributed by atoms with Crippen molar-refractivity contribution in [1.82, 2.24) is 5.32 Å². The molecule has 1 aromatic carbocycles. The summed E-state index contributed by atoms with van der Waals surface area (Å²) in [7, 11) is 0. The van der Waals surface area contributed by atoms with Gasteiger partial charge in [-0.2, -0.15) is 0 Å². The molecule has 1 aromatic rings. The maximum Gasteiger partial charge on any atom is 0.146 e. The first-order valence-corrected chi connectivity index (χ1v) is 8.29. The van der Waals surface area contributed by atoms with Crippen LogP contribution >= 0.6 is 0 Å². The highest BCUT2D eigenvalue weighted by Gasteiger charge is 2.42. The molecule has 3 heteroatoms. The lowest BCUT2D eigenvalue weighted by Gasteiger charge is -2.49. The fourth-order valence-corrected chi connectivity index (χ4v) is 4.02. The molecular formula is C18H27FN2. The van der Waals surface area contributed by atoms with Gasteiger partial charge in [-0.05, 0) is 43.4 Å². The molecule has 116 valence electrons. The molecule has 1 saturated carbocycles. The molecule has 2 aliphatic rings. The average Bonchev–Trinajstić information content (AvgIpc) is 2.89. The van der Waals surface area contributed by atoms with Gasteiger partial charge in [0.05, 0.1) is 5.69 Å². The van der Waals surface area contributed by atoms with Crippen molar-refractivity contribution >= 4 is 5.69 Å². The summed E-state index contributed by atoms with van der Waals surface area (Å²) in [5.41, 5.74) is 2.14. The molecule has 21 heavy (non-hydrogen) atoms. The Morgan fingerprint density at radius 2 is 2.00 bits per heavy atom. The Balaban J connectivity index is 1.95. The van der Waals surface area contributed by atoms with E-state index in [1.54, 1.807) is 6.07 Å². The van der Waals surface area contributed by atoms with Crippen molar-refractivity contribution in [1.29, 1.82) is 0 Å². The molecule has 0 aromatic heterocycles. The zero-order valence-corrected chi connectivity index (χ0v) is 13.5. The molecule has 2 fully saturated rings. The number of aryl methyl sites for hydroxylation is 1. The minimum Gasteiger partial charge on any atom is -0.363 e. The molecule has 0 radical (unpaired) electrons. The van der Waals surface area contributed by atoms with Crippen LogP contribution in [-0.4, -0.2) is 24.7 Å². The van der Waals surface area contributed by atoms with E-state index in [0.29, 0.717) is 12.0 Å². The van der Waals surface area contributed by atoms with Gasteiger partial charge in [0.15, 0.2) is 0 Å². The average molecular weight is 290 g/mol. The molecule has 0 bridgehead atoms. The van der Waals surface area contributed by atoms with Crippen molar-refractivity contribution in [2.24, 2.45) is 5.92 Å². The summed E-state index contributed by atoms with van der Waals surface area (Å²) < 4.78 is 14.4. The molecule has 1 N–H and O–H groups in total. The Labute approximate surface area is 127 Å². The van der Waals surface area contributed by atoms with Gasteiger partial charge in [0, 0.05) is 24.7 Å². The van der Waals surface area contributed by atoms with Crippen LogP contribution in [0.25, 0.3) is 0 Å². The van der Waals surface area contributed by atoms with Gasteiger partial charge in [0.1, 0.15) is 5.82 Å². The summed E-state index contributed by atoms with van der Waals surface area (Å²) >= 11 is 0. The Kier molecular flexibility index (Phi) is 3.96. The molecule has 1 heterocycles. The minimum absolute atomic E-state index is 0.0821. The van der Waals surface area contributed by atoms with Crippen LogP contribution in [-0.2, 0) is 0 Å². The van der Waals surface area contributed by atoms with E-state index in [1.165, 1.54) is 25.7 Å². The molecule has 1 unspecified atom stereocenters. The third kappa shape index (κ3) is 2.80. The number of benzene rings is 1. The van der Waals surface area contributed by atoms with Crippen molar-refractivity contribution in [2.45, 2.75) is 58.0 Å². The molecule has 1 aliphatic carbocycles. The highest BCUT2D eigenvalue weighted by atomic mass is 19.1. The fraction of sp³-hybridized carbons (Fsp3) is 0.667. The zero-order valence-electron chi connectivity index (χ0n) is 13.5. The Bertz CT molecular complexity index is 506. The Morgan fingerprint density at radius 1 is 1.29 bits per heavy atom. The van der Waals surface area contributed by atoms with Gasteiger partial charge in [0.2, 0.25) is 0 Å². The summed E-state index contributed by atoms with van der Waals surface area (Å²) in [4.78, 5) is 2.34. The standard InChI is InChI=1S/C18H27FN2/c1-13(2)17-11-20-18(8-4-5-9-18)12-21(17)16-10-14(3)6-7-15(16)19/h6-7,10,13,17,20H,4-5,8-9,11-12H2,1-3H3. The van der Waals surface area contributed by atoms with Crippen molar-refractivity contribution in [3.8, 4) is 0 Å². The van der Waals surface area contributed by atoms with E-state index in [2.05, 4.69) is 24.1 Å². The summed E-state index contributed by atoms with van der Waals surface area (Å²) in [6.45, 7) is 8.42. The van der Waals surface area contributed by atoms with Gasteiger partial charge in [-0.25, -0.2) is 4.39 Å². The van der Waals surface area contributed by atoms with Crippen LogP contribution in [0.3, 0.4) is 0 Å². The lowest BCUT2D eigenvalue weighted by molar-refractivity contribution is 0.244. The SMILES string of the molecule is Cc1ccc(F)c(N2CC3(CCCC3)NCC2C(C)C)c1. The first kappa shape index (κ1) is 14.8. The van der Waals surface area contributed by atoms with E-state index in [4.69, 9.17) is 0 Å². The number of rotatable bonds is 2. The molecule has 1 atom stereocenters. The zero-order chi connectivity index (χ0) is 15.0. The van der Waals surface area contributed by atoms with E-state index < -0.39 is 0 Å². The van der Waals surface area contributed by atoms with E-state index in [9.17, 15) is 4.39 Å². The highest BCUT2D eigenvalue weighted by molar-refractivity contribution is 5.52. The van der Waals surface area contributed by atoms with Gasteiger partial charge < -0.3 is 10.2 Å². The fourth-order valence-electron chi connectivity index (χ4n) is 4.02. The number of hydrogen-bond donors (Lipinski definition) is 1. The van der Waals surface area contributed by atoms with Crippen molar-refractivity contribution in [3.63, 3.8) is 0 Å². The second kappa shape index (κ2) is 5.60. The molecular weight excluding hydrogens is 263 g/mol. The number of anilines is 1. The number of nitrogens with one attached hydrogen (secondary N) is 1. The quantitative estimate of drug-likeness (QED) is 0.889. The van der Waals surface area contributed by atoms with Crippen LogP contribution in [0.4, 0.5) is 10.1 Å². The molecule has 1 aliphatic heterocycles. The normalized spacial score (nSPS) is 25.0. The monoisotopic (exact) mass is 290 g/mol. The minimum atomic E-state index is -0.0821. The summed E-state index contributed by atoms with van der Waals surface area (Å²) in [6, 6.07) is 5.86. The van der Waals surface area contributed by atoms with E-state index in [-0.39, 0.29) is 11.4 Å². The number of nitrogens with zero attached hydrogens (tertiary/aromatic N) is 1. The van der Waals surface area contributed by atoms with Gasteiger partial charge in [-0.15, -0.1) is 0 Å². The number of halogens is 1. The smallest absolute Gasteiger partial charge is 0.146 e. The molecule has 2 nitrogen and oxygen atoms in total. The molecule has 1 saturated heterocycles. The predicted molar refractivity (Wildman–Crippen MR) is 86.3 cm³/mol. The largest absolute Gasteiger partial charge is 0.363 e. The Hall–Kier alpha value is -1.09. The second-order valence-corrected chi connectivity index (χ2v) is 7.26. The van der Waals surface area contributed by atoms with Crippen molar-refractivity contribution < 1.29 is 4.39 Å². The van der Waals surface area contributed by atoms with Crippen LogP contribution < -0.4 is 10.2 Å². The van der Waals surface area contributed by atoms with E-state index >= 15 is 0 Å². The number of piperazine rings is 1. The molecule has 3 rings (SSSR count). The number of hydrogen-bond acceptors (Lipinski definition) is 2.